The molecule has 3 aromatic heterocycles. The standard InChI is InChI=1S/C71H66N4O.Pt/c1-46-37-64-65(44-57(46)47-21-14-12-15-22-47)74(67-58(48-23-16-13-17-24-48)39-51(69(5,6)7)40-59(67)49-29-32-60-61(38-49)71(10,11)35-34-70(60,8)9)45-73(64)52-25-20-26-53(42-52)76-54-30-31-56-55-27-18-19-28-62(55)75(63(56)43-54)66-41-50(33-36-72-66)68(2,3)4;/h12-33,36-41,44H,34-35H2,1-11H3;/q-2;/i1D3,8D3,9D3,10D3,11D3,12D,13D,14D,15D,16D,17D,21D,22D,23D,24D,29D,32D,34D2,35D2,38D;. The maximum Gasteiger partial charge on any atom is 0.268 e. The Kier molecular flexibility index (Phi) is 6.60. The van der Waals surface area contributed by atoms with Gasteiger partial charge in [0.25, 0.3) is 6.33 Å². The molecule has 0 spiro atoms. The predicted molar refractivity (Wildman–Crippen MR) is 314 cm³/mol. The molecule has 0 bridgehead atoms. The van der Waals surface area contributed by atoms with Gasteiger partial charge in [-0.1, -0.05) is 183 Å². The molecule has 6 heteroatoms. The monoisotopic (exact) mass is 1220 g/mol. The van der Waals surface area contributed by atoms with Crippen molar-refractivity contribution in [1.29, 1.82) is 0 Å². The second kappa shape index (κ2) is 19.3. The van der Waals surface area contributed by atoms with Crippen LogP contribution < -0.4 is 9.30 Å². The molecule has 3 heterocycles. The van der Waals surface area contributed by atoms with Gasteiger partial charge in [0.2, 0.25) is 0 Å². The fourth-order valence-corrected chi connectivity index (χ4v) is 9.50. The third-order valence-corrected chi connectivity index (χ3v) is 13.4. The van der Waals surface area contributed by atoms with E-state index in [4.69, 9.17) is 38.5 Å². The van der Waals surface area contributed by atoms with Crippen LogP contribution in [0.25, 0.3) is 83.4 Å². The number of pyridine rings is 1. The number of ether oxygens (including phenoxy) is 1. The summed E-state index contributed by atoms with van der Waals surface area (Å²) in [6.45, 7) is -10.3. The molecular formula is C71H66N4OPt-2. The van der Waals surface area contributed by atoms with E-state index in [1.54, 1.807) is 33.0 Å². The Hall–Kier alpha value is -7.33. The van der Waals surface area contributed by atoms with Crippen molar-refractivity contribution in [2.75, 3.05) is 0 Å². The summed E-state index contributed by atoms with van der Waals surface area (Å²) in [5, 5.41) is 1.62. The largest absolute Gasteiger partial charge is 0.510 e. The normalized spacial score (nSPS) is 22.3. The van der Waals surface area contributed by atoms with Gasteiger partial charge in [0.05, 0.1) is 34.5 Å². The molecule has 0 fully saturated rings. The van der Waals surface area contributed by atoms with E-state index >= 15 is 0 Å². The van der Waals surface area contributed by atoms with Crippen LogP contribution >= 0.6 is 0 Å². The Balaban J connectivity index is 0.0000118. The summed E-state index contributed by atoms with van der Waals surface area (Å²) in [6.07, 6.45) is -4.69. The average molecular weight is 1220 g/mol. The Bertz CT molecular complexity index is 5540. The molecule has 0 radical (unpaired) electrons. The summed E-state index contributed by atoms with van der Waals surface area (Å²) in [4.78, 5) is 4.77. The van der Waals surface area contributed by atoms with Crippen molar-refractivity contribution in [3.8, 4) is 62.1 Å². The van der Waals surface area contributed by atoms with Gasteiger partial charge in [-0.05, 0) is 144 Å². The Labute approximate surface area is 514 Å². The van der Waals surface area contributed by atoms with E-state index in [1.807, 2.05) is 47.0 Å². The summed E-state index contributed by atoms with van der Waals surface area (Å²) in [7, 11) is 0. The molecule has 1 aliphatic rings. The summed E-state index contributed by atoms with van der Waals surface area (Å²) in [5.41, 5.74) is -18.7. The fourth-order valence-electron chi connectivity index (χ4n) is 9.50. The van der Waals surface area contributed by atoms with Crippen molar-refractivity contribution in [3.63, 3.8) is 0 Å². The van der Waals surface area contributed by atoms with E-state index in [0.29, 0.717) is 11.3 Å². The Morgan fingerprint density at radius 1 is 0.636 bits per heavy atom. The van der Waals surface area contributed by atoms with Gasteiger partial charge in [0.15, 0.2) is 0 Å². The van der Waals surface area contributed by atoms with Crippen LogP contribution in [-0.2, 0) is 42.7 Å². The smallest absolute Gasteiger partial charge is 0.268 e. The van der Waals surface area contributed by atoms with Crippen LogP contribution in [0.5, 0.6) is 11.5 Å². The zero-order valence-electron chi connectivity index (χ0n) is 74.3. The first kappa shape index (κ1) is 26.3. The number of aryl methyl sites for hydroxylation is 1. The third kappa shape index (κ3) is 9.35. The molecule has 8 aromatic carbocycles. The zero-order chi connectivity index (χ0) is 80.3. The second-order valence-corrected chi connectivity index (χ2v) is 20.7. The first-order valence-electron chi connectivity index (χ1n) is 40.1. The van der Waals surface area contributed by atoms with E-state index in [0.717, 1.165) is 49.2 Å². The molecule has 0 unspecified atom stereocenters. The van der Waals surface area contributed by atoms with Crippen molar-refractivity contribution in [2.45, 2.75) is 110 Å². The number of imidazole rings is 1. The van der Waals surface area contributed by atoms with Gasteiger partial charge in [-0.25, -0.2) is 4.98 Å². The van der Waals surface area contributed by atoms with Crippen LogP contribution in [-0.4, -0.2) is 14.1 Å². The zero-order valence-corrected chi connectivity index (χ0v) is 44.5. The molecule has 0 aliphatic heterocycles. The molecular weight excluding hydrogens is 1120 g/mol. The van der Waals surface area contributed by atoms with E-state index in [2.05, 4.69) is 39.2 Å². The molecule has 0 amide bonds. The first-order valence-corrected chi connectivity index (χ1v) is 24.1. The van der Waals surface area contributed by atoms with Gasteiger partial charge in [-0.15, -0.1) is 29.7 Å². The Morgan fingerprint density at radius 3 is 2.01 bits per heavy atom. The molecule has 77 heavy (non-hydrogen) atoms. The van der Waals surface area contributed by atoms with Crippen molar-refractivity contribution in [1.82, 2.24) is 14.1 Å². The molecule has 11 aromatic rings. The maximum absolute atomic E-state index is 10.5. The van der Waals surface area contributed by atoms with Gasteiger partial charge in [0.1, 0.15) is 5.82 Å². The quantitative estimate of drug-likeness (QED) is 0.112. The van der Waals surface area contributed by atoms with Crippen molar-refractivity contribution < 1.29 is 74.2 Å². The minimum absolute atomic E-state index is 0. The Morgan fingerprint density at radius 2 is 1.31 bits per heavy atom. The van der Waals surface area contributed by atoms with Gasteiger partial charge >= 0.3 is 0 Å². The van der Waals surface area contributed by atoms with E-state index in [9.17, 15) is 15.1 Å². The first-order chi connectivity index (χ1) is 49.5. The predicted octanol–water partition coefficient (Wildman–Crippen LogP) is 17.8. The molecule has 0 atom stereocenters. The molecule has 388 valence electrons. The number of hydrogen-bond donors (Lipinski definition) is 0. The van der Waals surface area contributed by atoms with E-state index in [1.165, 1.54) is 24.3 Å². The number of nitrogens with zero attached hydrogens (tertiary/aromatic N) is 4. The topological polar surface area (TPSA) is 35.9 Å². The maximum atomic E-state index is 10.5. The third-order valence-electron chi connectivity index (χ3n) is 13.4. The van der Waals surface area contributed by atoms with Crippen LogP contribution in [0.15, 0.2) is 176 Å². The second-order valence-electron chi connectivity index (χ2n) is 20.7. The number of hydrogen-bond acceptors (Lipinski definition) is 2. The summed E-state index contributed by atoms with van der Waals surface area (Å²) in [6, 6.07) is 16.2. The fraction of sp³-hybridized carbons (Fsp3) is 0.239. The van der Waals surface area contributed by atoms with Crippen LogP contribution in [0, 0.1) is 25.3 Å². The number of benzene rings is 8. The van der Waals surface area contributed by atoms with Crippen LogP contribution in [0.1, 0.15) is 153 Å². The SMILES string of the molecule is [2H]c1c([2H])c([2H])c(-c2cc3c(cc2C([2H])([2H])[2H])n(-c2[c-]c(Oc4[c-]c5c(cc4)c4ccccc4n5-c4cc(C(C)(C)C)ccn4)ccc2)[c-][n+]3-c2c(-c3c([2H])c([2H])c([2H])c([2H])c3[2H])cc(C(C)(C)C)cc2-c2c([2H])c([2H])c3c(c2[2H])C(C([2H])([2H])[2H])(C([2H])([2H])[2H])C([2H])([2H])C([2H])([2H])C3(C([2H])([2H])[2H])C([2H])([2H])[2H])c([2H])c1[2H].[Pt]. The minimum Gasteiger partial charge on any atom is -0.510 e. The van der Waals surface area contributed by atoms with Gasteiger partial charge in [0, 0.05) is 70.3 Å². The average Bonchev–Trinajstić information content (AvgIpc) is 1.02. The molecule has 0 N–H and O–H groups in total. The summed E-state index contributed by atoms with van der Waals surface area (Å²) in [5.74, 6) is 0.633. The molecule has 12 rings (SSSR count). The van der Waals surface area contributed by atoms with Gasteiger partial charge < -0.3 is 13.9 Å². The summed E-state index contributed by atoms with van der Waals surface area (Å²) >= 11 is 0. The van der Waals surface area contributed by atoms with E-state index in [-0.39, 0.29) is 54.7 Å². The number of fused-ring (bicyclic) bond motifs is 5. The van der Waals surface area contributed by atoms with E-state index < -0.39 is 203 Å². The van der Waals surface area contributed by atoms with Gasteiger partial charge in [-0.2, -0.15) is 18.2 Å². The molecule has 5 nitrogen and oxygen atoms in total. The number of para-hydroxylation sites is 1. The molecule has 0 saturated heterocycles. The van der Waals surface area contributed by atoms with Crippen molar-refractivity contribution >= 4 is 32.8 Å². The van der Waals surface area contributed by atoms with Crippen molar-refractivity contribution in [2.24, 2.45) is 0 Å². The molecule has 1 aliphatic carbocycles. The van der Waals surface area contributed by atoms with Crippen LogP contribution in [0.2, 0.25) is 0 Å². The number of aromatic nitrogens is 4. The number of rotatable bonds is 8. The van der Waals surface area contributed by atoms with Crippen LogP contribution in [0.3, 0.4) is 0 Å². The minimum atomic E-state index is -4.78. The van der Waals surface area contributed by atoms with Gasteiger partial charge in [-0.3, -0.25) is 4.57 Å². The van der Waals surface area contributed by atoms with Crippen LogP contribution in [0.4, 0.5) is 0 Å². The van der Waals surface area contributed by atoms with Crippen molar-refractivity contribution in [3.05, 3.63) is 222 Å². The molecule has 0 saturated carbocycles. The summed E-state index contributed by atoms with van der Waals surface area (Å²) < 4.78 is 306.